The van der Waals surface area contributed by atoms with E-state index in [2.05, 4.69) is 20.1 Å². The molecule has 1 aromatic carbocycles. The molecule has 2 aromatic heterocycles. The van der Waals surface area contributed by atoms with Crippen molar-refractivity contribution in [1.82, 2.24) is 19.7 Å². The van der Waals surface area contributed by atoms with Crippen molar-refractivity contribution in [3.63, 3.8) is 0 Å². The number of likely N-dealkylation sites (tertiary alicyclic amines) is 1. The van der Waals surface area contributed by atoms with Gasteiger partial charge in [0.25, 0.3) is 5.91 Å². The Kier molecular flexibility index (Phi) is 5.73. The Balaban J connectivity index is 1.22. The van der Waals surface area contributed by atoms with E-state index in [4.69, 9.17) is 5.73 Å². The Labute approximate surface area is 218 Å². The molecule has 39 heavy (non-hydrogen) atoms. The van der Waals surface area contributed by atoms with Crippen molar-refractivity contribution in [3.05, 3.63) is 47.7 Å². The van der Waals surface area contributed by atoms with Gasteiger partial charge in [-0.3, -0.25) is 24.0 Å². The molecule has 204 valence electrons. The van der Waals surface area contributed by atoms with Crippen LogP contribution in [-0.4, -0.2) is 55.8 Å². The number of pyridine rings is 1. The number of rotatable bonds is 7. The van der Waals surface area contributed by atoms with Gasteiger partial charge in [-0.2, -0.15) is 5.10 Å². The highest BCUT2D eigenvalue weighted by atomic mass is 19.4. The molecular formula is C25H22F4N6O4. The Morgan fingerprint density at radius 2 is 1.95 bits per heavy atom. The molecule has 2 saturated carbocycles. The topological polar surface area (TPSA) is 132 Å². The summed E-state index contributed by atoms with van der Waals surface area (Å²) in [6.07, 6.45) is -0.552. The number of amides is 3. The van der Waals surface area contributed by atoms with Gasteiger partial charge in [0.15, 0.2) is 17.3 Å². The molecule has 0 spiro atoms. The molecule has 1 aliphatic heterocycles. The van der Waals surface area contributed by atoms with Gasteiger partial charge in [0, 0.05) is 23.0 Å². The number of hydrogen-bond acceptors (Lipinski definition) is 6. The lowest BCUT2D eigenvalue weighted by Gasteiger charge is -2.27. The molecule has 1 saturated heterocycles. The first-order valence-electron chi connectivity index (χ1n) is 12.3. The van der Waals surface area contributed by atoms with Crippen molar-refractivity contribution in [1.29, 1.82) is 0 Å². The van der Waals surface area contributed by atoms with Crippen LogP contribution in [0.25, 0.3) is 10.9 Å². The van der Waals surface area contributed by atoms with Gasteiger partial charge in [-0.25, -0.2) is 4.39 Å². The zero-order valence-electron chi connectivity index (χ0n) is 20.2. The van der Waals surface area contributed by atoms with Crippen molar-refractivity contribution in [2.24, 2.45) is 11.7 Å². The van der Waals surface area contributed by atoms with E-state index >= 15 is 0 Å². The van der Waals surface area contributed by atoms with E-state index in [9.17, 15) is 31.9 Å². The van der Waals surface area contributed by atoms with Crippen LogP contribution in [0.3, 0.4) is 0 Å². The molecule has 3 aliphatic rings. The number of alkyl halides is 3. The highest BCUT2D eigenvalue weighted by Crippen LogP contribution is 2.48. The van der Waals surface area contributed by atoms with Crippen LogP contribution >= 0.6 is 0 Å². The molecule has 3 atom stereocenters. The number of piperidine rings is 1. The molecule has 2 aliphatic carbocycles. The van der Waals surface area contributed by atoms with Crippen molar-refractivity contribution in [2.75, 3.05) is 5.32 Å². The van der Waals surface area contributed by atoms with Crippen LogP contribution in [0.1, 0.15) is 47.8 Å². The number of nitrogens with two attached hydrogens (primary N) is 1. The van der Waals surface area contributed by atoms with Crippen LogP contribution in [0.2, 0.25) is 0 Å². The second-order valence-corrected chi connectivity index (χ2v) is 10.0. The van der Waals surface area contributed by atoms with Crippen molar-refractivity contribution in [2.45, 2.75) is 56.6 Å². The number of anilines is 1. The Morgan fingerprint density at radius 1 is 1.18 bits per heavy atom. The van der Waals surface area contributed by atoms with Gasteiger partial charge in [0.1, 0.15) is 12.6 Å². The lowest BCUT2D eigenvalue weighted by Crippen LogP contribution is -2.46. The summed E-state index contributed by atoms with van der Waals surface area (Å²) >= 11 is 0. The summed E-state index contributed by atoms with van der Waals surface area (Å²) in [5, 5.41) is 7.03. The minimum absolute atomic E-state index is 0.0125. The van der Waals surface area contributed by atoms with Crippen LogP contribution < -0.4 is 15.8 Å². The second kappa shape index (κ2) is 8.92. The van der Waals surface area contributed by atoms with Crippen LogP contribution in [0.4, 0.5) is 23.2 Å². The number of hydrogen-bond donors (Lipinski definition) is 2. The molecule has 14 heteroatoms. The number of nitrogens with zero attached hydrogens (tertiary/aromatic N) is 4. The van der Waals surface area contributed by atoms with E-state index in [1.807, 2.05) is 0 Å². The van der Waals surface area contributed by atoms with Crippen LogP contribution in [-0.2, 0) is 16.1 Å². The molecule has 3 amide bonds. The van der Waals surface area contributed by atoms with E-state index in [1.165, 1.54) is 9.58 Å². The number of primary amides is 1. The van der Waals surface area contributed by atoms with E-state index in [1.54, 1.807) is 12.3 Å². The van der Waals surface area contributed by atoms with Gasteiger partial charge < -0.3 is 20.7 Å². The molecule has 0 radical (unpaired) electrons. The Morgan fingerprint density at radius 3 is 2.64 bits per heavy atom. The normalized spacial score (nSPS) is 22.1. The summed E-state index contributed by atoms with van der Waals surface area (Å²) < 4.78 is 57.3. The maximum absolute atomic E-state index is 14.6. The summed E-state index contributed by atoms with van der Waals surface area (Å²) in [5.74, 6) is -4.02. The largest absolute Gasteiger partial charge is 0.573 e. The first-order valence-corrected chi connectivity index (χ1v) is 12.3. The molecule has 0 bridgehead atoms. The Hall–Kier alpha value is -4.23. The van der Waals surface area contributed by atoms with Gasteiger partial charge in [-0.15, -0.1) is 13.2 Å². The summed E-state index contributed by atoms with van der Waals surface area (Å²) in [5.41, 5.74) is 6.30. The summed E-state index contributed by atoms with van der Waals surface area (Å²) in [4.78, 5) is 44.4. The van der Waals surface area contributed by atoms with E-state index in [0.717, 1.165) is 36.7 Å². The fraction of sp³-hybridized carbons (Fsp3) is 0.400. The van der Waals surface area contributed by atoms with Gasteiger partial charge in [0.05, 0.1) is 17.4 Å². The van der Waals surface area contributed by atoms with Gasteiger partial charge in [-0.05, 0) is 49.8 Å². The average molecular weight is 546 g/mol. The van der Waals surface area contributed by atoms with E-state index < -0.39 is 47.4 Å². The molecule has 6 rings (SSSR count). The second-order valence-electron chi connectivity index (χ2n) is 10.0. The number of nitrogens with one attached hydrogen (secondary N) is 1. The standard InChI is InChI=1S/C25H22F4N6O4/c26-21-14(2-1-3-19(21)39-25(27,28)29)32-24(38)17-7-12-6-16(12)35(17)20(36)10-34-18-9-31-15(11-4-5-11)8-13(18)22(33-34)23(30)37/h1-3,8-9,11-12,16-17H,4-7,10H2,(H2,30,37)(H,32,38)/t12-,16-,17+/m1/s1. The predicted octanol–water partition coefficient (Wildman–Crippen LogP) is 3.07. The summed E-state index contributed by atoms with van der Waals surface area (Å²) in [6.45, 7) is -0.301. The molecule has 3 fully saturated rings. The molecule has 3 N–H and O–H groups in total. The maximum Gasteiger partial charge on any atom is 0.573 e. The molecule has 3 heterocycles. The quantitative estimate of drug-likeness (QED) is 0.438. The molecule has 0 unspecified atom stereocenters. The van der Waals surface area contributed by atoms with Crippen molar-refractivity contribution < 1.29 is 36.7 Å². The first kappa shape index (κ1) is 25.1. The highest BCUT2D eigenvalue weighted by Gasteiger charge is 2.56. The summed E-state index contributed by atoms with van der Waals surface area (Å²) in [6, 6.07) is 3.59. The number of benzene rings is 1. The van der Waals surface area contributed by atoms with Gasteiger partial charge in [-0.1, -0.05) is 6.07 Å². The number of fused-ring (bicyclic) bond motifs is 2. The molecule has 10 nitrogen and oxygen atoms in total. The van der Waals surface area contributed by atoms with Gasteiger partial charge >= 0.3 is 6.36 Å². The third kappa shape index (κ3) is 4.74. The maximum atomic E-state index is 14.6. The minimum Gasteiger partial charge on any atom is -0.403 e. The zero-order chi connectivity index (χ0) is 27.6. The molecular weight excluding hydrogens is 524 g/mol. The lowest BCUT2D eigenvalue weighted by molar-refractivity contribution is -0.275. The monoisotopic (exact) mass is 546 g/mol. The van der Waals surface area contributed by atoms with Crippen molar-refractivity contribution >= 4 is 34.3 Å². The first-order chi connectivity index (χ1) is 18.5. The Bertz CT molecular complexity index is 1520. The average Bonchev–Trinajstić information content (AvgIpc) is 3.79. The van der Waals surface area contributed by atoms with Crippen molar-refractivity contribution in [3.8, 4) is 5.75 Å². The van der Waals surface area contributed by atoms with Crippen LogP contribution in [0.15, 0.2) is 30.5 Å². The number of aromatic nitrogens is 3. The fourth-order valence-corrected chi connectivity index (χ4v) is 5.28. The molecule has 3 aromatic rings. The van der Waals surface area contributed by atoms with Crippen LogP contribution in [0.5, 0.6) is 5.75 Å². The third-order valence-corrected chi connectivity index (χ3v) is 7.31. The van der Waals surface area contributed by atoms with E-state index in [0.29, 0.717) is 29.7 Å². The zero-order valence-corrected chi connectivity index (χ0v) is 20.2. The predicted molar refractivity (Wildman–Crippen MR) is 127 cm³/mol. The van der Waals surface area contributed by atoms with Gasteiger partial charge in [0.2, 0.25) is 11.8 Å². The highest BCUT2D eigenvalue weighted by molar-refractivity contribution is 6.04. The SMILES string of the molecule is NC(=O)c1nn(CC(=O)N2[C@@H]3C[C@@H]3C[C@H]2C(=O)Nc2cccc(OC(F)(F)F)c2F)c2cnc(C3CC3)cc12. The summed E-state index contributed by atoms with van der Waals surface area (Å²) in [7, 11) is 0. The lowest BCUT2D eigenvalue weighted by atomic mass is 10.1. The smallest absolute Gasteiger partial charge is 0.403 e. The third-order valence-electron chi connectivity index (χ3n) is 7.31. The number of carbonyl (C=O) groups is 3. The number of ether oxygens (including phenoxy) is 1. The number of carbonyl (C=O) groups excluding carboxylic acids is 3. The number of halogens is 4. The fourth-order valence-electron chi connectivity index (χ4n) is 5.28. The van der Waals surface area contributed by atoms with Crippen LogP contribution in [0, 0.1) is 11.7 Å². The minimum atomic E-state index is -5.11. The van der Waals surface area contributed by atoms with E-state index in [-0.39, 0.29) is 24.2 Å².